The van der Waals surface area contributed by atoms with Gasteiger partial charge in [-0.05, 0) is 49.4 Å². The van der Waals surface area contributed by atoms with E-state index in [9.17, 15) is 13.2 Å². The molecular weight excluding hydrogens is 326 g/mol. The van der Waals surface area contributed by atoms with E-state index in [1.165, 1.54) is 19.2 Å². The van der Waals surface area contributed by atoms with Gasteiger partial charge in [-0.1, -0.05) is 18.2 Å². The van der Waals surface area contributed by atoms with Crippen LogP contribution in [0.1, 0.15) is 21.5 Å². The van der Waals surface area contributed by atoms with Gasteiger partial charge in [0.1, 0.15) is 0 Å². The van der Waals surface area contributed by atoms with E-state index in [1.807, 2.05) is 0 Å². The zero-order valence-corrected chi connectivity index (χ0v) is 14.1. The van der Waals surface area contributed by atoms with Crippen LogP contribution in [0.25, 0.3) is 0 Å². The standard InChI is InChI=1S/C17H17N3O3S/c1-12-3-8-15(24(22,23)19-2)11-16(12)17(21)20-14-6-4-13(5-7-14)9-10-18/h3-8,11,19H,9H2,1-2H3,(H,20,21). The molecule has 124 valence electrons. The summed E-state index contributed by atoms with van der Waals surface area (Å²) in [6, 6.07) is 13.4. The second kappa shape index (κ2) is 7.25. The maximum absolute atomic E-state index is 12.4. The van der Waals surface area contributed by atoms with Crippen molar-refractivity contribution in [1.29, 1.82) is 5.26 Å². The molecule has 2 rings (SSSR count). The van der Waals surface area contributed by atoms with Crippen molar-refractivity contribution in [2.75, 3.05) is 12.4 Å². The number of carbonyl (C=O) groups is 1. The van der Waals surface area contributed by atoms with Gasteiger partial charge in [-0.25, -0.2) is 13.1 Å². The number of nitriles is 1. The lowest BCUT2D eigenvalue weighted by atomic mass is 10.1. The molecule has 2 N–H and O–H groups in total. The molecule has 0 radical (unpaired) electrons. The third-order valence-electron chi connectivity index (χ3n) is 3.53. The second-order valence-electron chi connectivity index (χ2n) is 5.17. The summed E-state index contributed by atoms with van der Waals surface area (Å²) in [5.74, 6) is -0.395. The Morgan fingerprint density at radius 1 is 1.17 bits per heavy atom. The minimum Gasteiger partial charge on any atom is -0.322 e. The van der Waals surface area contributed by atoms with Crippen LogP contribution in [0.5, 0.6) is 0 Å². The summed E-state index contributed by atoms with van der Waals surface area (Å²) in [5.41, 5.74) is 2.38. The summed E-state index contributed by atoms with van der Waals surface area (Å²) < 4.78 is 26.0. The molecule has 0 unspecified atom stereocenters. The van der Waals surface area contributed by atoms with Crippen molar-refractivity contribution in [3.05, 3.63) is 59.2 Å². The smallest absolute Gasteiger partial charge is 0.255 e. The van der Waals surface area contributed by atoms with Crippen molar-refractivity contribution in [2.24, 2.45) is 0 Å². The van der Waals surface area contributed by atoms with Gasteiger partial charge >= 0.3 is 0 Å². The van der Waals surface area contributed by atoms with Gasteiger partial charge in [0, 0.05) is 11.3 Å². The molecule has 7 heteroatoms. The van der Waals surface area contributed by atoms with Crippen molar-refractivity contribution in [1.82, 2.24) is 4.72 Å². The molecule has 0 saturated carbocycles. The molecule has 0 saturated heterocycles. The van der Waals surface area contributed by atoms with E-state index in [0.717, 1.165) is 5.56 Å². The third kappa shape index (κ3) is 3.98. The summed E-state index contributed by atoms with van der Waals surface area (Å²) >= 11 is 0. The fourth-order valence-electron chi connectivity index (χ4n) is 2.13. The number of nitrogens with one attached hydrogen (secondary N) is 2. The molecular formula is C17H17N3O3S. The second-order valence-corrected chi connectivity index (χ2v) is 7.06. The molecule has 0 aromatic heterocycles. The Hall–Kier alpha value is -2.69. The van der Waals surface area contributed by atoms with Crippen molar-refractivity contribution in [2.45, 2.75) is 18.2 Å². The lowest BCUT2D eigenvalue weighted by Gasteiger charge is -2.10. The van der Waals surface area contributed by atoms with Gasteiger partial charge in [-0.15, -0.1) is 0 Å². The van der Waals surface area contributed by atoms with Crippen LogP contribution in [0, 0.1) is 18.3 Å². The first-order chi connectivity index (χ1) is 11.4. The molecule has 2 aromatic carbocycles. The van der Waals surface area contributed by atoms with Crippen LogP contribution in [0.3, 0.4) is 0 Å². The monoisotopic (exact) mass is 343 g/mol. The van der Waals surface area contributed by atoms with Gasteiger partial charge in [0.2, 0.25) is 10.0 Å². The Morgan fingerprint density at radius 3 is 2.42 bits per heavy atom. The van der Waals surface area contributed by atoms with Crippen molar-refractivity contribution in [3.63, 3.8) is 0 Å². The summed E-state index contributed by atoms with van der Waals surface area (Å²) in [4.78, 5) is 12.5. The fraction of sp³-hybridized carbons (Fsp3) is 0.176. The highest BCUT2D eigenvalue weighted by Gasteiger charge is 2.16. The molecule has 0 aliphatic rings. The van der Waals surface area contributed by atoms with E-state index < -0.39 is 15.9 Å². The SMILES string of the molecule is CNS(=O)(=O)c1ccc(C)c(C(=O)Nc2ccc(CC#N)cc2)c1. The molecule has 2 aromatic rings. The number of hydrogen-bond acceptors (Lipinski definition) is 4. The number of anilines is 1. The van der Waals surface area contributed by atoms with E-state index in [4.69, 9.17) is 5.26 Å². The minimum atomic E-state index is -3.62. The first-order valence-corrected chi connectivity index (χ1v) is 8.67. The summed E-state index contributed by atoms with van der Waals surface area (Å²) in [5, 5.41) is 11.4. The molecule has 0 spiro atoms. The van der Waals surface area contributed by atoms with Gasteiger partial charge < -0.3 is 5.32 Å². The summed E-state index contributed by atoms with van der Waals surface area (Å²) in [7, 11) is -2.30. The number of sulfonamides is 1. The van der Waals surface area contributed by atoms with Gasteiger partial charge in [-0.2, -0.15) is 5.26 Å². The van der Waals surface area contributed by atoms with E-state index in [0.29, 0.717) is 17.7 Å². The summed E-state index contributed by atoms with van der Waals surface area (Å²) in [6.45, 7) is 1.74. The fourth-order valence-corrected chi connectivity index (χ4v) is 2.88. The average molecular weight is 343 g/mol. The van der Waals surface area contributed by atoms with Gasteiger partial charge in [0.05, 0.1) is 17.4 Å². The average Bonchev–Trinajstić information content (AvgIpc) is 2.57. The largest absolute Gasteiger partial charge is 0.322 e. The third-order valence-corrected chi connectivity index (χ3v) is 4.94. The van der Waals surface area contributed by atoms with Crippen molar-refractivity contribution < 1.29 is 13.2 Å². The number of amides is 1. The van der Waals surface area contributed by atoms with Gasteiger partial charge in [0.25, 0.3) is 5.91 Å². The molecule has 6 nitrogen and oxygen atoms in total. The topological polar surface area (TPSA) is 99.1 Å². The molecule has 0 bridgehead atoms. The predicted octanol–water partition coefficient (Wildman–Crippen LogP) is 2.22. The Morgan fingerprint density at radius 2 is 1.83 bits per heavy atom. The van der Waals surface area contributed by atoms with E-state index >= 15 is 0 Å². The minimum absolute atomic E-state index is 0.0325. The van der Waals surface area contributed by atoms with Crippen molar-refractivity contribution >= 4 is 21.6 Å². The lowest BCUT2D eigenvalue weighted by molar-refractivity contribution is 0.102. The number of hydrogen-bond donors (Lipinski definition) is 2. The van der Waals surface area contributed by atoms with E-state index in [1.54, 1.807) is 37.3 Å². The maximum atomic E-state index is 12.4. The number of rotatable bonds is 5. The van der Waals surface area contributed by atoms with Crippen LogP contribution in [0.15, 0.2) is 47.4 Å². The van der Waals surface area contributed by atoms with Crippen LogP contribution < -0.4 is 10.0 Å². The van der Waals surface area contributed by atoms with Crippen LogP contribution >= 0.6 is 0 Å². The number of carbonyl (C=O) groups excluding carboxylic acids is 1. The van der Waals surface area contributed by atoms with Gasteiger partial charge in [0.15, 0.2) is 0 Å². The Kier molecular flexibility index (Phi) is 5.34. The first kappa shape index (κ1) is 17.7. The predicted molar refractivity (Wildman–Crippen MR) is 91.1 cm³/mol. The highest BCUT2D eigenvalue weighted by molar-refractivity contribution is 7.89. The lowest BCUT2D eigenvalue weighted by Crippen LogP contribution is -2.20. The van der Waals surface area contributed by atoms with Crippen LogP contribution in [0.2, 0.25) is 0 Å². The Bertz CT molecular complexity index is 898. The molecule has 0 fully saturated rings. The maximum Gasteiger partial charge on any atom is 0.255 e. The zero-order valence-electron chi connectivity index (χ0n) is 13.3. The molecule has 0 aliphatic carbocycles. The quantitative estimate of drug-likeness (QED) is 0.869. The first-order valence-electron chi connectivity index (χ1n) is 7.19. The Labute approximate surface area is 141 Å². The van der Waals surface area contributed by atoms with Crippen LogP contribution in [-0.2, 0) is 16.4 Å². The summed E-state index contributed by atoms with van der Waals surface area (Å²) in [6.07, 6.45) is 0.303. The zero-order chi connectivity index (χ0) is 17.7. The van der Waals surface area contributed by atoms with E-state index in [-0.39, 0.29) is 10.5 Å². The number of benzene rings is 2. The van der Waals surface area contributed by atoms with E-state index in [2.05, 4.69) is 16.1 Å². The molecule has 0 heterocycles. The number of aryl methyl sites for hydroxylation is 1. The highest BCUT2D eigenvalue weighted by Crippen LogP contribution is 2.18. The molecule has 0 aliphatic heterocycles. The molecule has 0 atom stereocenters. The van der Waals surface area contributed by atoms with Crippen LogP contribution in [-0.4, -0.2) is 21.4 Å². The highest BCUT2D eigenvalue weighted by atomic mass is 32.2. The normalized spacial score (nSPS) is 10.9. The molecule has 1 amide bonds. The van der Waals surface area contributed by atoms with Crippen molar-refractivity contribution in [3.8, 4) is 6.07 Å². The van der Waals surface area contributed by atoms with Crippen LogP contribution in [0.4, 0.5) is 5.69 Å². The molecule has 24 heavy (non-hydrogen) atoms. The Balaban J connectivity index is 2.26. The van der Waals surface area contributed by atoms with Gasteiger partial charge in [-0.3, -0.25) is 4.79 Å². The number of nitrogens with zero attached hydrogens (tertiary/aromatic N) is 1.